The molecule has 1 aromatic carbocycles. The number of aliphatic hydroxyl groups is 2. The van der Waals surface area contributed by atoms with E-state index in [0.29, 0.717) is 19.3 Å². The molecular formula is C25H32O5. The fraction of sp³-hybridized carbons (Fsp3) is 0.560. The molecule has 0 bridgehead atoms. The van der Waals surface area contributed by atoms with Gasteiger partial charge in [-0.1, -0.05) is 30.4 Å². The second-order valence-corrected chi connectivity index (χ2v) is 8.12. The number of carbonyl (C=O) groups excluding carboxylic acids is 1. The van der Waals surface area contributed by atoms with Crippen LogP contribution in [0, 0.1) is 23.7 Å². The summed E-state index contributed by atoms with van der Waals surface area (Å²) in [4.78, 5) is 11.4. The Bertz CT molecular complexity index is 819. The van der Waals surface area contributed by atoms with Gasteiger partial charge in [0.05, 0.1) is 13.2 Å². The van der Waals surface area contributed by atoms with Gasteiger partial charge in [-0.05, 0) is 31.7 Å². The molecule has 1 saturated carbocycles. The molecule has 5 atom stereocenters. The largest absolute Gasteiger partial charge is 0.489 e. The van der Waals surface area contributed by atoms with Gasteiger partial charge >= 0.3 is 5.97 Å². The number of carbonyl (C=O) groups is 1. The van der Waals surface area contributed by atoms with Gasteiger partial charge in [-0.3, -0.25) is 4.79 Å². The van der Waals surface area contributed by atoms with Crippen LogP contribution in [0.4, 0.5) is 0 Å². The zero-order chi connectivity index (χ0) is 21.5. The maximum Gasteiger partial charge on any atom is 0.305 e. The molecule has 5 unspecified atom stereocenters. The third-order valence-electron chi connectivity index (χ3n) is 6.20. The molecule has 3 rings (SSSR count). The van der Waals surface area contributed by atoms with Gasteiger partial charge in [-0.15, -0.1) is 11.8 Å². The Kier molecular flexibility index (Phi) is 7.95. The van der Waals surface area contributed by atoms with Crippen molar-refractivity contribution in [3.8, 4) is 17.6 Å². The number of ether oxygens (including phenoxy) is 2. The summed E-state index contributed by atoms with van der Waals surface area (Å²) in [5.41, 5.74) is 2.24. The van der Waals surface area contributed by atoms with Crippen LogP contribution in [-0.4, -0.2) is 42.1 Å². The number of hydrogen-bond acceptors (Lipinski definition) is 5. The van der Waals surface area contributed by atoms with Crippen molar-refractivity contribution < 1.29 is 24.5 Å². The topological polar surface area (TPSA) is 76.0 Å². The minimum atomic E-state index is -0.456. The lowest BCUT2D eigenvalue weighted by Gasteiger charge is -2.18. The highest BCUT2D eigenvalue weighted by Gasteiger charge is 2.48. The summed E-state index contributed by atoms with van der Waals surface area (Å²) in [7, 11) is 1.41. The third kappa shape index (κ3) is 5.06. The number of hydrogen-bond donors (Lipinski definition) is 2. The summed E-state index contributed by atoms with van der Waals surface area (Å²) in [6, 6.07) is 6.17. The average molecular weight is 413 g/mol. The van der Waals surface area contributed by atoms with Gasteiger partial charge in [0.25, 0.3) is 0 Å². The molecule has 1 aliphatic carbocycles. The molecule has 0 saturated heterocycles. The van der Waals surface area contributed by atoms with E-state index in [4.69, 9.17) is 9.47 Å². The lowest BCUT2D eigenvalue weighted by molar-refractivity contribution is -0.140. The Hall–Kier alpha value is -2.29. The van der Waals surface area contributed by atoms with Crippen molar-refractivity contribution in [2.45, 2.75) is 63.6 Å². The van der Waals surface area contributed by atoms with E-state index in [0.717, 1.165) is 36.1 Å². The van der Waals surface area contributed by atoms with Crippen LogP contribution in [0.3, 0.4) is 0 Å². The van der Waals surface area contributed by atoms with Gasteiger partial charge < -0.3 is 19.7 Å². The van der Waals surface area contributed by atoms with E-state index in [1.54, 1.807) is 0 Å². The third-order valence-corrected chi connectivity index (χ3v) is 6.20. The zero-order valence-corrected chi connectivity index (χ0v) is 17.8. The molecule has 30 heavy (non-hydrogen) atoms. The Morgan fingerprint density at radius 1 is 1.43 bits per heavy atom. The Balaban J connectivity index is 1.72. The SMILES string of the molecule is CC#CCCC(/C=C/C1C(O)CC2Oc3c(CCCC(=O)OC)cccc3C21)CO. The molecule has 1 fully saturated rings. The Labute approximate surface area is 179 Å². The molecule has 1 aromatic rings. The minimum absolute atomic E-state index is 0.0344. The number of fused-ring (bicyclic) bond motifs is 3. The molecule has 0 radical (unpaired) electrons. The Morgan fingerprint density at radius 3 is 3.00 bits per heavy atom. The van der Waals surface area contributed by atoms with E-state index < -0.39 is 6.10 Å². The lowest BCUT2D eigenvalue weighted by Crippen LogP contribution is -2.17. The number of rotatable bonds is 9. The smallest absolute Gasteiger partial charge is 0.305 e. The molecule has 0 amide bonds. The van der Waals surface area contributed by atoms with E-state index >= 15 is 0 Å². The molecule has 0 spiro atoms. The van der Waals surface area contributed by atoms with E-state index in [1.165, 1.54) is 7.11 Å². The molecule has 2 N–H and O–H groups in total. The second kappa shape index (κ2) is 10.7. The summed E-state index contributed by atoms with van der Waals surface area (Å²) in [5.74, 6) is 6.77. The van der Waals surface area contributed by atoms with Gasteiger partial charge in [-0.25, -0.2) is 0 Å². The number of aryl methyl sites for hydroxylation is 1. The van der Waals surface area contributed by atoms with Crippen LogP contribution in [0.1, 0.15) is 56.1 Å². The summed E-state index contributed by atoms with van der Waals surface area (Å²) in [6.45, 7) is 1.90. The van der Waals surface area contributed by atoms with Crippen molar-refractivity contribution in [1.29, 1.82) is 0 Å². The van der Waals surface area contributed by atoms with Gasteiger partial charge in [-0.2, -0.15) is 0 Å². The first-order valence-corrected chi connectivity index (χ1v) is 10.8. The number of methoxy groups -OCH3 is 1. The van der Waals surface area contributed by atoms with Crippen LogP contribution in [0.2, 0.25) is 0 Å². The van der Waals surface area contributed by atoms with E-state index in [-0.39, 0.29) is 36.4 Å². The summed E-state index contributed by atoms with van der Waals surface area (Å²) < 4.78 is 11.0. The molecule has 1 aliphatic heterocycles. The maximum atomic E-state index is 11.4. The molecule has 5 heteroatoms. The first-order chi connectivity index (χ1) is 14.6. The van der Waals surface area contributed by atoms with Crippen molar-refractivity contribution in [1.82, 2.24) is 0 Å². The fourth-order valence-corrected chi connectivity index (χ4v) is 4.61. The van der Waals surface area contributed by atoms with Crippen LogP contribution < -0.4 is 4.74 Å². The predicted molar refractivity (Wildman–Crippen MR) is 115 cm³/mol. The lowest BCUT2D eigenvalue weighted by atomic mass is 9.86. The standard InChI is InChI=1S/C25H32O5/c1-3-4-5-8-17(16-26)13-14-19-21(27)15-22-24(19)20-11-6-9-18(25(20)30-22)10-7-12-23(28)29-2/h6,9,11,13-14,17,19,21-22,24,26-27H,5,7-8,10,12,15-16H2,1-2H3/b14-13+. The first-order valence-electron chi connectivity index (χ1n) is 10.8. The van der Waals surface area contributed by atoms with Crippen molar-refractivity contribution in [3.63, 3.8) is 0 Å². The number of esters is 1. The van der Waals surface area contributed by atoms with Gasteiger partial charge in [0.15, 0.2) is 0 Å². The van der Waals surface area contributed by atoms with E-state index in [9.17, 15) is 15.0 Å². The second-order valence-electron chi connectivity index (χ2n) is 8.12. The zero-order valence-electron chi connectivity index (χ0n) is 17.8. The summed E-state index contributed by atoms with van der Waals surface area (Å²) >= 11 is 0. The molecule has 5 nitrogen and oxygen atoms in total. The van der Waals surface area contributed by atoms with Crippen molar-refractivity contribution in [2.75, 3.05) is 13.7 Å². The van der Waals surface area contributed by atoms with Crippen molar-refractivity contribution >= 4 is 5.97 Å². The van der Waals surface area contributed by atoms with Crippen molar-refractivity contribution in [3.05, 3.63) is 41.5 Å². The Morgan fingerprint density at radius 2 is 2.27 bits per heavy atom. The van der Waals surface area contributed by atoms with Crippen LogP contribution in [-0.2, 0) is 16.0 Å². The fourth-order valence-electron chi connectivity index (χ4n) is 4.61. The highest BCUT2D eigenvalue weighted by Crippen LogP contribution is 2.52. The van der Waals surface area contributed by atoms with E-state index in [2.05, 4.69) is 30.0 Å². The number of benzene rings is 1. The monoisotopic (exact) mass is 412 g/mol. The molecule has 2 aliphatic rings. The molecule has 0 aromatic heterocycles. The van der Waals surface area contributed by atoms with Gasteiger partial charge in [0.2, 0.25) is 0 Å². The van der Waals surface area contributed by atoms with Gasteiger partial charge in [0.1, 0.15) is 11.9 Å². The van der Waals surface area contributed by atoms with Crippen molar-refractivity contribution in [2.24, 2.45) is 11.8 Å². The maximum absolute atomic E-state index is 11.4. The van der Waals surface area contributed by atoms with Crippen LogP contribution in [0.15, 0.2) is 30.4 Å². The van der Waals surface area contributed by atoms with E-state index in [1.807, 2.05) is 19.1 Å². The highest BCUT2D eigenvalue weighted by molar-refractivity contribution is 5.69. The summed E-state index contributed by atoms with van der Waals surface area (Å²) in [6.07, 6.45) is 7.63. The normalized spacial score (nSPS) is 25.2. The number of aliphatic hydroxyl groups excluding tert-OH is 2. The summed E-state index contributed by atoms with van der Waals surface area (Å²) in [5, 5.41) is 20.3. The van der Waals surface area contributed by atoms with Crippen LogP contribution >= 0.6 is 0 Å². The quantitative estimate of drug-likeness (QED) is 0.369. The van der Waals surface area contributed by atoms with Crippen LogP contribution in [0.25, 0.3) is 0 Å². The molecule has 162 valence electrons. The average Bonchev–Trinajstić information content (AvgIpc) is 3.25. The molecular weight excluding hydrogens is 380 g/mol. The molecule has 1 heterocycles. The first kappa shape index (κ1) is 22.4. The predicted octanol–water partition coefficient (Wildman–Crippen LogP) is 3.38. The van der Waals surface area contributed by atoms with Crippen LogP contribution in [0.5, 0.6) is 5.75 Å². The number of para-hydroxylation sites is 1. The van der Waals surface area contributed by atoms with Gasteiger partial charge in [0, 0.05) is 49.2 Å². The highest BCUT2D eigenvalue weighted by atomic mass is 16.5. The minimum Gasteiger partial charge on any atom is -0.489 e.